The molecule has 0 radical (unpaired) electrons. The summed E-state index contributed by atoms with van der Waals surface area (Å²) in [7, 11) is 0. The number of carbonyl (C=O) groups excluding carboxylic acids is 1. The highest BCUT2D eigenvalue weighted by Crippen LogP contribution is 2.21. The second-order valence-corrected chi connectivity index (χ2v) is 5.25. The molecule has 0 aromatic carbocycles. The standard InChI is InChI=1S/C12H14N2O2S/c1-8(2)6-9(15)7-11-13-12(14-16-11)10-4-3-5-17-10/h3-5,8H,6-7H2,1-2H3. The predicted octanol–water partition coefficient (Wildman–Crippen LogP) is 2.96. The van der Waals surface area contributed by atoms with E-state index in [9.17, 15) is 4.79 Å². The summed E-state index contributed by atoms with van der Waals surface area (Å²) in [5.41, 5.74) is 0. The van der Waals surface area contributed by atoms with Crippen LogP contribution in [-0.2, 0) is 11.2 Å². The summed E-state index contributed by atoms with van der Waals surface area (Å²) in [6.45, 7) is 4.03. The largest absolute Gasteiger partial charge is 0.338 e. The molecule has 0 saturated heterocycles. The van der Waals surface area contributed by atoms with E-state index < -0.39 is 0 Å². The van der Waals surface area contributed by atoms with E-state index >= 15 is 0 Å². The first-order valence-corrected chi connectivity index (χ1v) is 6.41. The number of carbonyl (C=O) groups is 1. The SMILES string of the molecule is CC(C)CC(=O)Cc1nc(-c2cccs2)no1. The van der Waals surface area contributed by atoms with E-state index in [2.05, 4.69) is 10.1 Å². The minimum absolute atomic E-state index is 0.140. The second-order valence-electron chi connectivity index (χ2n) is 4.30. The molecule has 0 N–H and O–H groups in total. The summed E-state index contributed by atoms with van der Waals surface area (Å²) >= 11 is 1.55. The Morgan fingerprint density at radius 2 is 2.35 bits per heavy atom. The molecular formula is C12H14N2O2S. The summed E-state index contributed by atoms with van der Waals surface area (Å²) in [4.78, 5) is 16.8. The molecule has 0 aliphatic rings. The van der Waals surface area contributed by atoms with Gasteiger partial charge in [-0.05, 0) is 17.4 Å². The van der Waals surface area contributed by atoms with E-state index in [1.807, 2.05) is 31.4 Å². The molecule has 0 atom stereocenters. The summed E-state index contributed by atoms with van der Waals surface area (Å²) in [5, 5.41) is 5.82. The molecule has 2 aromatic rings. The van der Waals surface area contributed by atoms with Crippen LogP contribution in [0.15, 0.2) is 22.0 Å². The topological polar surface area (TPSA) is 56.0 Å². The van der Waals surface area contributed by atoms with Gasteiger partial charge in [-0.1, -0.05) is 25.1 Å². The van der Waals surface area contributed by atoms with Crippen LogP contribution >= 0.6 is 11.3 Å². The molecule has 0 unspecified atom stereocenters. The molecule has 0 spiro atoms. The Balaban J connectivity index is 2.02. The van der Waals surface area contributed by atoms with Crippen LogP contribution in [0.4, 0.5) is 0 Å². The maximum atomic E-state index is 11.6. The molecule has 0 amide bonds. The van der Waals surface area contributed by atoms with E-state index in [1.165, 1.54) is 0 Å². The highest BCUT2D eigenvalue weighted by atomic mass is 32.1. The predicted molar refractivity (Wildman–Crippen MR) is 65.8 cm³/mol. The number of aromatic nitrogens is 2. The maximum Gasteiger partial charge on any atom is 0.234 e. The zero-order valence-corrected chi connectivity index (χ0v) is 10.7. The Labute approximate surface area is 104 Å². The zero-order valence-electron chi connectivity index (χ0n) is 9.84. The van der Waals surface area contributed by atoms with Crippen LogP contribution in [-0.4, -0.2) is 15.9 Å². The van der Waals surface area contributed by atoms with Crippen LogP contribution < -0.4 is 0 Å². The monoisotopic (exact) mass is 250 g/mol. The highest BCUT2D eigenvalue weighted by Gasteiger charge is 2.13. The summed E-state index contributed by atoms with van der Waals surface area (Å²) in [5.74, 6) is 1.47. The molecule has 0 saturated carbocycles. The van der Waals surface area contributed by atoms with Gasteiger partial charge < -0.3 is 4.52 Å². The number of hydrogen-bond acceptors (Lipinski definition) is 5. The van der Waals surface area contributed by atoms with E-state index in [1.54, 1.807) is 11.3 Å². The third kappa shape index (κ3) is 3.23. The fraction of sp³-hybridized carbons (Fsp3) is 0.417. The quantitative estimate of drug-likeness (QED) is 0.818. The van der Waals surface area contributed by atoms with Gasteiger partial charge in [0.2, 0.25) is 11.7 Å². The van der Waals surface area contributed by atoms with Crippen molar-refractivity contribution in [2.24, 2.45) is 5.92 Å². The Bertz CT molecular complexity index is 488. The normalized spacial score (nSPS) is 11.0. The molecular weight excluding hydrogens is 236 g/mol. The fourth-order valence-electron chi connectivity index (χ4n) is 1.53. The lowest BCUT2D eigenvalue weighted by Gasteiger charge is -1.99. The lowest BCUT2D eigenvalue weighted by atomic mass is 10.1. The van der Waals surface area contributed by atoms with Gasteiger partial charge in [0.15, 0.2) is 0 Å². The van der Waals surface area contributed by atoms with Crippen molar-refractivity contribution >= 4 is 17.1 Å². The van der Waals surface area contributed by atoms with Gasteiger partial charge in [0.25, 0.3) is 0 Å². The lowest BCUT2D eigenvalue weighted by molar-refractivity contribution is -0.119. The molecule has 4 nitrogen and oxygen atoms in total. The first-order chi connectivity index (χ1) is 8.15. The van der Waals surface area contributed by atoms with E-state index in [-0.39, 0.29) is 12.2 Å². The third-order valence-corrected chi connectivity index (χ3v) is 3.06. The van der Waals surface area contributed by atoms with Crippen LogP contribution in [0.1, 0.15) is 26.2 Å². The molecule has 90 valence electrons. The lowest BCUT2D eigenvalue weighted by Crippen LogP contribution is -2.06. The van der Waals surface area contributed by atoms with Gasteiger partial charge in [-0.2, -0.15) is 4.98 Å². The van der Waals surface area contributed by atoms with Gasteiger partial charge in [-0.15, -0.1) is 11.3 Å². The highest BCUT2D eigenvalue weighted by molar-refractivity contribution is 7.13. The number of ketones is 1. The van der Waals surface area contributed by atoms with Crippen molar-refractivity contribution in [2.75, 3.05) is 0 Å². The van der Waals surface area contributed by atoms with Crippen molar-refractivity contribution in [2.45, 2.75) is 26.7 Å². The van der Waals surface area contributed by atoms with Crippen LogP contribution in [0.3, 0.4) is 0 Å². The van der Waals surface area contributed by atoms with Crippen molar-refractivity contribution in [3.05, 3.63) is 23.4 Å². The summed E-state index contributed by atoms with van der Waals surface area (Å²) < 4.78 is 5.07. The number of Topliss-reactive ketones (excluding diaryl/α,β-unsaturated/α-hetero) is 1. The average Bonchev–Trinajstić information content (AvgIpc) is 2.84. The Hall–Kier alpha value is -1.49. The Morgan fingerprint density at radius 3 is 3.00 bits per heavy atom. The van der Waals surface area contributed by atoms with E-state index in [0.717, 1.165) is 4.88 Å². The number of nitrogens with zero attached hydrogens (tertiary/aromatic N) is 2. The number of hydrogen-bond donors (Lipinski definition) is 0. The van der Waals surface area contributed by atoms with Gasteiger partial charge in [0.05, 0.1) is 11.3 Å². The molecule has 0 bridgehead atoms. The molecule has 5 heteroatoms. The molecule has 0 aliphatic heterocycles. The number of rotatable bonds is 5. The molecule has 0 aliphatic carbocycles. The summed E-state index contributed by atoms with van der Waals surface area (Å²) in [6.07, 6.45) is 0.785. The minimum atomic E-state index is 0.140. The number of thiophene rings is 1. The minimum Gasteiger partial charge on any atom is -0.338 e. The first-order valence-electron chi connectivity index (χ1n) is 5.53. The smallest absolute Gasteiger partial charge is 0.234 e. The summed E-state index contributed by atoms with van der Waals surface area (Å²) in [6, 6.07) is 3.86. The molecule has 2 aromatic heterocycles. The van der Waals surface area contributed by atoms with Gasteiger partial charge >= 0.3 is 0 Å². The first kappa shape index (κ1) is 12.0. The van der Waals surface area contributed by atoms with Crippen LogP contribution in [0, 0.1) is 5.92 Å². The van der Waals surface area contributed by atoms with Gasteiger partial charge in [-0.3, -0.25) is 4.79 Å². The molecule has 17 heavy (non-hydrogen) atoms. The van der Waals surface area contributed by atoms with E-state index in [0.29, 0.717) is 24.1 Å². The van der Waals surface area contributed by atoms with Gasteiger partial charge in [-0.25, -0.2) is 0 Å². The van der Waals surface area contributed by atoms with Crippen molar-refractivity contribution < 1.29 is 9.32 Å². The average molecular weight is 250 g/mol. The fourth-order valence-corrected chi connectivity index (χ4v) is 2.18. The van der Waals surface area contributed by atoms with E-state index in [4.69, 9.17) is 4.52 Å². The molecule has 2 rings (SSSR count). The van der Waals surface area contributed by atoms with Crippen molar-refractivity contribution in [3.8, 4) is 10.7 Å². The van der Waals surface area contributed by atoms with Crippen LogP contribution in [0.2, 0.25) is 0 Å². The van der Waals surface area contributed by atoms with Gasteiger partial charge in [0.1, 0.15) is 5.78 Å². The van der Waals surface area contributed by atoms with Crippen molar-refractivity contribution in [1.29, 1.82) is 0 Å². The van der Waals surface area contributed by atoms with Crippen molar-refractivity contribution in [1.82, 2.24) is 10.1 Å². The molecule has 2 heterocycles. The Kier molecular flexibility index (Phi) is 3.68. The molecule has 0 fully saturated rings. The Morgan fingerprint density at radius 1 is 1.53 bits per heavy atom. The third-order valence-electron chi connectivity index (χ3n) is 2.19. The van der Waals surface area contributed by atoms with Crippen LogP contribution in [0.5, 0.6) is 0 Å². The zero-order chi connectivity index (χ0) is 12.3. The van der Waals surface area contributed by atoms with Crippen LogP contribution in [0.25, 0.3) is 10.7 Å². The second kappa shape index (κ2) is 5.23. The maximum absolute atomic E-state index is 11.6. The van der Waals surface area contributed by atoms with Crippen molar-refractivity contribution in [3.63, 3.8) is 0 Å². The van der Waals surface area contributed by atoms with Gasteiger partial charge in [0, 0.05) is 6.42 Å².